The fraction of sp³-hybridized carbons (Fsp3) is 0.692. The van der Waals surface area contributed by atoms with E-state index in [9.17, 15) is 0 Å². The van der Waals surface area contributed by atoms with Gasteiger partial charge in [-0.2, -0.15) is 0 Å². The highest BCUT2D eigenvalue weighted by atomic mass is 32.2. The predicted octanol–water partition coefficient (Wildman–Crippen LogP) is 2.35. The van der Waals surface area contributed by atoms with Crippen molar-refractivity contribution in [2.75, 3.05) is 24.3 Å². The summed E-state index contributed by atoms with van der Waals surface area (Å²) in [5.74, 6) is 1.02. The van der Waals surface area contributed by atoms with Crippen LogP contribution in [0.25, 0.3) is 0 Å². The van der Waals surface area contributed by atoms with Gasteiger partial charge in [0.05, 0.1) is 31.1 Å². The summed E-state index contributed by atoms with van der Waals surface area (Å²) >= 11 is 1.64. The van der Waals surface area contributed by atoms with Gasteiger partial charge in [0.2, 0.25) is 0 Å². The van der Waals surface area contributed by atoms with Gasteiger partial charge < -0.3 is 9.64 Å². The number of hydrogen-bond acceptors (Lipinski definition) is 5. The van der Waals surface area contributed by atoms with Crippen molar-refractivity contribution in [1.29, 1.82) is 0 Å². The molecule has 98 valence electrons. The van der Waals surface area contributed by atoms with Gasteiger partial charge in [0.1, 0.15) is 10.8 Å². The lowest BCUT2D eigenvalue weighted by Gasteiger charge is -2.44. The molecular weight excluding hydrogens is 246 g/mol. The Hall–Kier alpha value is -0.810. The number of hydrogen-bond donors (Lipinski definition) is 0. The summed E-state index contributed by atoms with van der Waals surface area (Å²) in [5.41, 5.74) is 0. The fourth-order valence-electron chi connectivity index (χ4n) is 2.96. The third kappa shape index (κ3) is 2.34. The molecule has 0 amide bonds. The molecule has 0 unspecified atom stereocenters. The van der Waals surface area contributed by atoms with E-state index in [2.05, 4.69) is 14.9 Å². The molecule has 2 heterocycles. The minimum atomic E-state index is 0.396. The number of morpholine rings is 1. The molecule has 3 rings (SSSR count). The summed E-state index contributed by atoms with van der Waals surface area (Å²) in [6, 6.07) is 0.499. The van der Waals surface area contributed by atoms with Crippen LogP contribution in [-0.2, 0) is 4.74 Å². The molecule has 5 heteroatoms. The van der Waals surface area contributed by atoms with Crippen molar-refractivity contribution in [3.63, 3.8) is 0 Å². The number of fused-ring (bicyclic) bond motifs is 1. The molecule has 2 fully saturated rings. The van der Waals surface area contributed by atoms with Crippen molar-refractivity contribution in [3.05, 3.63) is 12.4 Å². The molecule has 0 spiro atoms. The topological polar surface area (TPSA) is 38.2 Å². The zero-order valence-electron chi connectivity index (χ0n) is 10.7. The molecule has 1 aliphatic heterocycles. The van der Waals surface area contributed by atoms with E-state index < -0.39 is 0 Å². The Morgan fingerprint density at radius 3 is 3.11 bits per heavy atom. The first kappa shape index (κ1) is 12.2. The molecule has 2 aliphatic rings. The third-order valence-electron chi connectivity index (χ3n) is 3.84. The van der Waals surface area contributed by atoms with Crippen LogP contribution in [0.3, 0.4) is 0 Å². The second-order valence-corrected chi connectivity index (χ2v) is 5.70. The van der Waals surface area contributed by atoms with Crippen LogP contribution in [0.2, 0.25) is 0 Å². The molecule has 1 aromatic heterocycles. The maximum Gasteiger partial charge on any atom is 0.148 e. The minimum Gasteiger partial charge on any atom is -0.374 e. The van der Waals surface area contributed by atoms with Gasteiger partial charge in [0.15, 0.2) is 0 Å². The van der Waals surface area contributed by atoms with Crippen molar-refractivity contribution in [2.24, 2.45) is 0 Å². The Labute approximate surface area is 112 Å². The van der Waals surface area contributed by atoms with Crippen LogP contribution in [0.4, 0.5) is 5.82 Å². The number of rotatable bonds is 2. The maximum absolute atomic E-state index is 5.90. The second-order valence-electron chi connectivity index (χ2n) is 4.87. The first-order valence-electron chi connectivity index (χ1n) is 6.63. The molecule has 0 radical (unpaired) electrons. The van der Waals surface area contributed by atoms with Gasteiger partial charge in [0, 0.05) is 6.54 Å². The smallest absolute Gasteiger partial charge is 0.148 e. The Morgan fingerprint density at radius 2 is 2.22 bits per heavy atom. The maximum atomic E-state index is 5.90. The number of nitrogens with zero attached hydrogens (tertiary/aromatic N) is 3. The summed E-state index contributed by atoms with van der Waals surface area (Å²) in [6.07, 6.45) is 11.2. The van der Waals surface area contributed by atoms with Crippen LogP contribution in [0, 0.1) is 0 Å². The normalized spacial score (nSPS) is 27.9. The fourth-order valence-corrected chi connectivity index (χ4v) is 3.31. The lowest BCUT2D eigenvalue weighted by Crippen LogP contribution is -2.53. The molecule has 0 N–H and O–H groups in total. The zero-order chi connectivity index (χ0) is 12.4. The molecule has 1 saturated heterocycles. The van der Waals surface area contributed by atoms with E-state index in [0.717, 1.165) is 24.0 Å². The number of thioether (sulfide) groups is 1. The van der Waals surface area contributed by atoms with Gasteiger partial charge in [-0.1, -0.05) is 12.8 Å². The van der Waals surface area contributed by atoms with E-state index in [4.69, 9.17) is 4.74 Å². The van der Waals surface area contributed by atoms with Crippen LogP contribution in [-0.4, -0.2) is 41.5 Å². The van der Waals surface area contributed by atoms with E-state index in [1.165, 1.54) is 25.7 Å². The molecule has 1 aromatic rings. The van der Waals surface area contributed by atoms with Gasteiger partial charge in [-0.3, -0.25) is 4.98 Å². The van der Waals surface area contributed by atoms with Crippen molar-refractivity contribution in [1.82, 2.24) is 9.97 Å². The minimum absolute atomic E-state index is 0.396. The Morgan fingerprint density at radius 1 is 1.33 bits per heavy atom. The first-order chi connectivity index (χ1) is 8.88. The van der Waals surface area contributed by atoms with E-state index in [0.29, 0.717) is 12.1 Å². The molecule has 0 bridgehead atoms. The molecule has 1 saturated carbocycles. The van der Waals surface area contributed by atoms with Gasteiger partial charge in [-0.05, 0) is 19.1 Å². The highest BCUT2D eigenvalue weighted by Gasteiger charge is 2.34. The van der Waals surface area contributed by atoms with Gasteiger partial charge in [0.25, 0.3) is 0 Å². The summed E-state index contributed by atoms with van der Waals surface area (Å²) in [4.78, 5) is 11.4. The third-order valence-corrected chi connectivity index (χ3v) is 4.45. The molecule has 0 aromatic carbocycles. The van der Waals surface area contributed by atoms with Crippen molar-refractivity contribution in [2.45, 2.75) is 42.9 Å². The largest absolute Gasteiger partial charge is 0.374 e. The van der Waals surface area contributed by atoms with Crippen LogP contribution < -0.4 is 4.90 Å². The van der Waals surface area contributed by atoms with Crippen LogP contribution in [0.5, 0.6) is 0 Å². The number of aromatic nitrogens is 2. The highest BCUT2D eigenvalue weighted by molar-refractivity contribution is 7.98. The quantitative estimate of drug-likeness (QED) is 0.767. The SMILES string of the molecule is CSc1cncc(N2CCO[C@H]3CCCC[C@@H]32)n1. The van der Waals surface area contributed by atoms with Gasteiger partial charge in [-0.15, -0.1) is 11.8 Å². The lowest BCUT2D eigenvalue weighted by atomic mass is 9.90. The van der Waals surface area contributed by atoms with Crippen LogP contribution >= 0.6 is 11.8 Å². The standard InChI is InChI=1S/C13H19N3OS/c1-18-13-9-14-8-12(15-13)16-6-7-17-11-5-3-2-4-10(11)16/h8-11H,2-7H2,1H3/t10-,11-/m0/s1. The van der Waals surface area contributed by atoms with Crippen LogP contribution in [0.1, 0.15) is 25.7 Å². The average Bonchev–Trinajstić information content (AvgIpc) is 2.47. The molecule has 4 nitrogen and oxygen atoms in total. The molecule has 1 aliphatic carbocycles. The molecular formula is C13H19N3OS. The Balaban J connectivity index is 1.84. The lowest BCUT2D eigenvalue weighted by molar-refractivity contribution is -0.00905. The highest BCUT2D eigenvalue weighted by Crippen LogP contribution is 2.31. The Kier molecular flexibility index (Phi) is 3.70. The van der Waals surface area contributed by atoms with Gasteiger partial charge in [-0.25, -0.2) is 4.98 Å². The summed E-state index contributed by atoms with van der Waals surface area (Å²) < 4.78 is 5.90. The number of ether oxygens (including phenoxy) is 1. The van der Waals surface area contributed by atoms with E-state index in [1.54, 1.807) is 11.8 Å². The number of anilines is 1. The summed E-state index contributed by atoms with van der Waals surface area (Å²) in [7, 11) is 0. The van der Waals surface area contributed by atoms with Gasteiger partial charge >= 0.3 is 0 Å². The monoisotopic (exact) mass is 265 g/mol. The molecule has 2 atom stereocenters. The van der Waals surface area contributed by atoms with Crippen molar-refractivity contribution in [3.8, 4) is 0 Å². The summed E-state index contributed by atoms with van der Waals surface area (Å²) in [5, 5.41) is 0.992. The summed E-state index contributed by atoms with van der Waals surface area (Å²) in [6.45, 7) is 1.75. The average molecular weight is 265 g/mol. The Bertz CT molecular complexity index is 413. The first-order valence-corrected chi connectivity index (χ1v) is 7.85. The predicted molar refractivity (Wildman–Crippen MR) is 73.2 cm³/mol. The van der Waals surface area contributed by atoms with Crippen molar-refractivity contribution < 1.29 is 4.74 Å². The molecule has 18 heavy (non-hydrogen) atoms. The van der Waals surface area contributed by atoms with E-state index in [-0.39, 0.29) is 0 Å². The van der Waals surface area contributed by atoms with E-state index in [1.807, 2.05) is 18.6 Å². The van der Waals surface area contributed by atoms with Crippen molar-refractivity contribution >= 4 is 17.6 Å². The van der Waals surface area contributed by atoms with E-state index >= 15 is 0 Å². The zero-order valence-corrected chi connectivity index (χ0v) is 11.5. The van der Waals surface area contributed by atoms with Crippen LogP contribution in [0.15, 0.2) is 17.4 Å². The second kappa shape index (κ2) is 5.45.